The zero-order chi connectivity index (χ0) is 17.5. The molecule has 1 heterocycles. The highest BCUT2D eigenvalue weighted by atomic mass is 16.6. The number of hydrogen-bond donors (Lipinski definition) is 2. The largest absolute Gasteiger partial charge is 0.389 e. The number of methoxy groups -OCH3 is 1. The first-order valence-electron chi connectivity index (χ1n) is 8.39. The number of β-amino-alcohol motifs (C(OH)–C–C–N with tert-alkyl or cyclic N) is 1. The lowest BCUT2D eigenvalue weighted by atomic mass is 10.0. The summed E-state index contributed by atoms with van der Waals surface area (Å²) in [5.74, 6) is 0. The van der Waals surface area contributed by atoms with Crippen molar-refractivity contribution in [1.82, 2.24) is 10.2 Å². The standard InChI is InChI=1S/C17H27N3O4/c1-13(14-4-3-5-16(10-14)20(22)23)18-15-6-8-19(9-7-15)11-17(21)12-24-2/h3-5,10,13,15,17-18,21H,6-9,11-12H2,1-2H3. The summed E-state index contributed by atoms with van der Waals surface area (Å²) < 4.78 is 4.96. The van der Waals surface area contributed by atoms with Gasteiger partial charge in [0, 0.05) is 37.9 Å². The van der Waals surface area contributed by atoms with E-state index in [1.165, 1.54) is 6.07 Å². The van der Waals surface area contributed by atoms with Gasteiger partial charge in [0.1, 0.15) is 0 Å². The van der Waals surface area contributed by atoms with Crippen LogP contribution in [0.3, 0.4) is 0 Å². The summed E-state index contributed by atoms with van der Waals surface area (Å²) in [5, 5.41) is 24.2. The first kappa shape index (κ1) is 18.8. The van der Waals surface area contributed by atoms with Gasteiger partial charge in [-0.3, -0.25) is 10.1 Å². The Morgan fingerprint density at radius 2 is 2.17 bits per heavy atom. The van der Waals surface area contributed by atoms with Gasteiger partial charge in [0.15, 0.2) is 0 Å². The molecule has 1 aromatic carbocycles. The third-order valence-corrected chi connectivity index (χ3v) is 4.48. The minimum atomic E-state index is -0.441. The quantitative estimate of drug-likeness (QED) is 0.555. The Hall–Kier alpha value is -1.54. The number of hydrogen-bond acceptors (Lipinski definition) is 6. The number of non-ortho nitro benzene ring substituents is 1. The van der Waals surface area contributed by atoms with Crippen molar-refractivity contribution in [3.05, 3.63) is 39.9 Å². The number of aliphatic hydroxyl groups is 1. The number of nitro groups is 1. The molecular formula is C17H27N3O4. The fourth-order valence-electron chi connectivity index (χ4n) is 3.18. The summed E-state index contributed by atoms with van der Waals surface area (Å²) in [5.41, 5.74) is 1.06. The lowest BCUT2D eigenvalue weighted by molar-refractivity contribution is -0.384. The molecule has 2 unspecified atom stereocenters. The molecule has 134 valence electrons. The third kappa shape index (κ3) is 5.52. The highest BCUT2D eigenvalue weighted by molar-refractivity contribution is 5.35. The van der Waals surface area contributed by atoms with Crippen molar-refractivity contribution in [2.24, 2.45) is 0 Å². The summed E-state index contributed by atoms with van der Waals surface area (Å²) in [7, 11) is 1.59. The second-order valence-corrected chi connectivity index (χ2v) is 6.42. The van der Waals surface area contributed by atoms with Crippen molar-refractivity contribution >= 4 is 5.69 Å². The Morgan fingerprint density at radius 3 is 2.79 bits per heavy atom. The highest BCUT2D eigenvalue weighted by Gasteiger charge is 2.22. The highest BCUT2D eigenvalue weighted by Crippen LogP contribution is 2.21. The van der Waals surface area contributed by atoms with Crippen LogP contribution in [0.2, 0.25) is 0 Å². The molecule has 0 amide bonds. The van der Waals surface area contributed by atoms with E-state index in [0.29, 0.717) is 19.2 Å². The van der Waals surface area contributed by atoms with Crippen LogP contribution in [-0.2, 0) is 4.74 Å². The number of likely N-dealkylation sites (tertiary alicyclic amines) is 1. The van der Waals surface area contributed by atoms with Crippen molar-refractivity contribution < 1.29 is 14.8 Å². The summed E-state index contributed by atoms with van der Waals surface area (Å²) in [6.45, 7) is 4.90. The van der Waals surface area contributed by atoms with Gasteiger partial charge in [0.2, 0.25) is 0 Å². The minimum absolute atomic E-state index is 0.0699. The van der Waals surface area contributed by atoms with Gasteiger partial charge in [-0.25, -0.2) is 0 Å². The Morgan fingerprint density at radius 1 is 1.46 bits per heavy atom. The van der Waals surface area contributed by atoms with Crippen LogP contribution >= 0.6 is 0 Å². The topological polar surface area (TPSA) is 87.9 Å². The maximum Gasteiger partial charge on any atom is 0.269 e. The molecule has 0 aliphatic carbocycles. The smallest absolute Gasteiger partial charge is 0.269 e. The maximum absolute atomic E-state index is 10.9. The van der Waals surface area contributed by atoms with Gasteiger partial charge >= 0.3 is 0 Å². The third-order valence-electron chi connectivity index (χ3n) is 4.48. The van der Waals surface area contributed by atoms with Crippen molar-refractivity contribution in [3.8, 4) is 0 Å². The maximum atomic E-state index is 10.9. The summed E-state index contributed by atoms with van der Waals surface area (Å²) in [4.78, 5) is 12.8. The Kier molecular flexibility index (Phi) is 7.11. The molecule has 1 fully saturated rings. The van der Waals surface area contributed by atoms with E-state index in [2.05, 4.69) is 10.2 Å². The molecule has 0 radical (unpaired) electrons. The molecule has 0 saturated carbocycles. The normalized spacial score (nSPS) is 19.1. The number of nitrogens with zero attached hydrogens (tertiary/aromatic N) is 2. The average molecular weight is 337 g/mol. The fourth-order valence-corrected chi connectivity index (χ4v) is 3.18. The first-order valence-corrected chi connectivity index (χ1v) is 8.39. The van der Waals surface area contributed by atoms with E-state index in [0.717, 1.165) is 31.5 Å². The lowest BCUT2D eigenvalue weighted by Crippen LogP contribution is -2.46. The van der Waals surface area contributed by atoms with E-state index in [1.807, 2.05) is 13.0 Å². The van der Waals surface area contributed by atoms with Gasteiger partial charge in [-0.15, -0.1) is 0 Å². The van der Waals surface area contributed by atoms with Crippen LogP contribution in [0.25, 0.3) is 0 Å². The first-order chi connectivity index (χ1) is 11.5. The second-order valence-electron chi connectivity index (χ2n) is 6.42. The summed E-state index contributed by atoms with van der Waals surface area (Å²) >= 11 is 0. The van der Waals surface area contributed by atoms with E-state index in [1.54, 1.807) is 19.2 Å². The van der Waals surface area contributed by atoms with Crippen LogP contribution < -0.4 is 5.32 Å². The van der Waals surface area contributed by atoms with E-state index >= 15 is 0 Å². The Bertz CT molecular complexity index is 532. The number of rotatable bonds is 8. The second kappa shape index (κ2) is 9.08. The van der Waals surface area contributed by atoms with Crippen LogP contribution in [-0.4, -0.2) is 60.4 Å². The van der Waals surface area contributed by atoms with Crippen molar-refractivity contribution in [3.63, 3.8) is 0 Å². The molecule has 24 heavy (non-hydrogen) atoms. The van der Waals surface area contributed by atoms with Crippen molar-refractivity contribution in [2.75, 3.05) is 33.4 Å². The van der Waals surface area contributed by atoms with Gasteiger partial charge in [-0.1, -0.05) is 12.1 Å². The monoisotopic (exact) mass is 337 g/mol. The van der Waals surface area contributed by atoms with E-state index < -0.39 is 6.10 Å². The van der Waals surface area contributed by atoms with Crippen LogP contribution in [0.5, 0.6) is 0 Å². The molecule has 2 atom stereocenters. The molecule has 0 bridgehead atoms. The van der Waals surface area contributed by atoms with E-state index in [9.17, 15) is 15.2 Å². The molecule has 0 aromatic heterocycles. The Balaban J connectivity index is 1.81. The van der Waals surface area contributed by atoms with Crippen molar-refractivity contribution in [1.29, 1.82) is 0 Å². The van der Waals surface area contributed by atoms with Gasteiger partial charge in [-0.2, -0.15) is 0 Å². The number of benzene rings is 1. The average Bonchev–Trinajstić information content (AvgIpc) is 2.57. The van der Waals surface area contributed by atoms with Gasteiger partial charge in [0.25, 0.3) is 5.69 Å². The molecule has 7 heteroatoms. The van der Waals surface area contributed by atoms with Gasteiger partial charge in [0.05, 0.1) is 17.6 Å². The molecule has 1 aliphatic heterocycles. The summed E-state index contributed by atoms with van der Waals surface area (Å²) in [6, 6.07) is 7.25. The molecular weight excluding hydrogens is 310 g/mol. The lowest BCUT2D eigenvalue weighted by Gasteiger charge is -2.34. The molecule has 7 nitrogen and oxygen atoms in total. The SMILES string of the molecule is COCC(O)CN1CCC(NC(C)c2cccc([N+](=O)[O-])c2)CC1. The number of nitrogens with one attached hydrogen (secondary N) is 1. The molecule has 1 saturated heterocycles. The predicted octanol–water partition coefficient (Wildman–Crippen LogP) is 1.72. The Labute approximate surface area is 142 Å². The summed E-state index contributed by atoms with van der Waals surface area (Å²) in [6.07, 6.45) is 1.56. The van der Waals surface area contributed by atoms with Crippen LogP contribution in [0.4, 0.5) is 5.69 Å². The van der Waals surface area contributed by atoms with Gasteiger partial charge in [-0.05, 0) is 38.4 Å². The number of nitro benzene ring substituents is 1. The zero-order valence-electron chi connectivity index (χ0n) is 14.4. The van der Waals surface area contributed by atoms with Gasteiger partial charge < -0.3 is 20.1 Å². The number of aliphatic hydroxyl groups excluding tert-OH is 1. The number of piperidine rings is 1. The van der Waals surface area contributed by atoms with Crippen LogP contribution in [0, 0.1) is 10.1 Å². The van der Waals surface area contributed by atoms with Crippen LogP contribution in [0.15, 0.2) is 24.3 Å². The van der Waals surface area contributed by atoms with E-state index in [-0.39, 0.29) is 16.7 Å². The minimum Gasteiger partial charge on any atom is -0.389 e. The fraction of sp³-hybridized carbons (Fsp3) is 0.647. The molecule has 2 N–H and O–H groups in total. The van der Waals surface area contributed by atoms with Crippen molar-refractivity contribution in [2.45, 2.75) is 38.0 Å². The molecule has 1 aliphatic rings. The van der Waals surface area contributed by atoms with E-state index in [4.69, 9.17) is 4.74 Å². The molecule has 1 aromatic rings. The predicted molar refractivity (Wildman–Crippen MR) is 92.0 cm³/mol. The van der Waals surface area contributed by atoms with Crippen LogP contribution in [0.1, 0.15) is 31.4 Å². The zero-order valence-corrected chi connectivity index (χ0v) is 14.4. The number of ether oxygens (including phenoxy) is 1. The molecule has 0 spiro atoms. The molecule has 2 rings (SSSR count).